The van der Waals surface area contributed by atoms with E-state index in [1.54, 1.807) is 50.4 Å². The van der Waals surface area contributed by atoms with Gasteiger partial charge in [0.15, 0.2) is 0 Å². The van der Waals surface area contributed by atoms with E-state index >= 15 is 0 Å². The van der Waals surface area contributed by atoms with Gasteiger partial charge >= 0.3 is 5.97 Å². The number of esters is 1. The first kappa shape index (κ1) is 24.0. The van der Waals surface area contributed by atoms with Crippen LogP contribution in [-0.2, 0) is 20.8 Å². The van der Waals surface area contributed by atoms with Crippen molar-refractivity contribution in [2.75, 3.05) is 13.7 Å². The summed E-state index contributed by atoms with van der Waals surface area (Å²) in [6.07, 6.45) is 1.29. The predicted octanol–water partition coefficient (Wildman–Crippen LogP) is 3.10. The summed E-state index contributed by atoms with van der Waals surface area (Å²) in [4.78, 5) is 14.4. The van der Waals surface area contributed by atoms with Crippen LogP contribution in [0.2, 0.25) is 0 Å². The molecule has 0 spiro atoms. The van der Waals surface area contributed by atoms with E-state index in [-0.39, 0.29) is 13.2 Å². The van der Waals surface area contributed by atoms with Crippen molar-refractivity contribution in [3.8, 4) is 0 Å². The number of nitrogens with zero attached hydrogens (tertiary/aromatic N) is 2. The lowest BCUT2D eigenvalue weighted by Crippen LogP contribution is -2.46. The van der Waals surface area contributed by atoms with Gasteiger partial charge in [0.25, 0.3) is 0 Å². The van der Waals surface area contributed by atoms with Gasteiger partial charge in [-0.2, -0.15) is 10.7 Å². The SMILES string of the molecule is CN(Cc1ccc(/C=N\NO)cc1F)[C@@H](COC(C)(C)C)C(=O)OC(C)(C)C. The minimum atomic E-state index is -0.683. The highest BCUT2D eigenvalue weighted by atomic mass is 19.1. The number of carbonyl (C=O) groups is 1. The molecule has 0 heterocycles. The van der Waals surface area contributed by atoms with Gasteiger partial charge in [0.2, 0.25) is 0 Å². The van der Waals surface area contributed by atoms with E-state index < -0.39 is 29.0 Å². The van der Waals surface area contributed by atoms with Crippen molar-refractivity contribution in [2.24, 2.45) is 5.10 Å². The Bertz CT molecular complexity index is 681. The summed E-state index contributed by atoms with van der Waals surface area (Å²) in [6, 6.07) is 3.90. The van der Waals surface area contributed by atoms with Gasteiger partial charge in [0, 0.05) is 12.1 Å². The van der Waals surface area contributed by atoms with Crippen LogP contribution in [0.15, 0.2) is 23.3 Å². The largest absolute Gasteiger partial charge is 0.459 e. The molecular weight excluding hydrogens is 365 g/mol. The van der Waals surface area contributed by atoms with Gasteiger partial charge in [-0.15, -0.1) is 0 Å². The Morgan fingerprint density at radius 3 is 2.43 bits per heavy atom. The van der Waals surface area contributed by atoms with Crippen LogP contribution in [0.25, 0.3) is 0 Å². The number of ether oxygens (including phenoxy) is 2. The summed E-state index contributed by atoms with van der Waals surface area (Å²) in [5.74, 6) is -0.856. The smallest absolute Gasteiger partial charge is 0.326 e. The summed E-state index contributed by atoms with van der Waals surface area (Å²) < 4.78 is 25.7. The molecule has 0 amide bonds. The zero-order valence-electron chi connectivity index (χ0n) is 17.7. The van der Waals surface area contributed by atoms with Crippen LogP contribution in [0.4, 0.5) is 4.39 Å². The summed E-state index contributed by atoms with van der Waals surface area (Å²) >= 11 is 0. The van der Waals surface area contributed by atoms with Gasteiger partial charge in [-0.1, -0.05) is 12.1 Å². The Labute approximate surface area is 166 Å². The van der Waals surface area contributed by atoms with Gasteiger partial charge < -0.3 is 9.47 Å². The van der Waals surface area contributed by atoms with E-state index in [9.17, 15) is 9.18 Å². The van der Waals surface area contributed by atoms with Gasteiger partial charge in [-0.3, -0.25) is 14.9 Å². The van der Waals surface area contributed by atoms with Crippen LogP contribution in [-0.4, -0.2) is 53.2 Å². The topological polar surface area (TPSA) is 83.4 Å². The molecule has 0 aromatic heterocycles. The summed E-state index contributed by atoms with van der Waals surface area (Å²) in [6.45, 7) is 11.4. The molecule has 0 radical (unpaired) electrons. The second-order valence-electron chi connectivity index (χ2n) is 8.60. The molecular formula is C20H32FN3O4. The van der Waals surface area contributed by atoms with Crippen molar-refractivity contribution in [2.45, 2.75) is 65.3 Å². The highest BCUT2D eigenvalue weighted by Crippen LogP contribution is 2.18. The highest BCUT2D eigenvalue weighted by molar-refractivity contribution is 5.79. The molecule has 158 valence electrons. The molecule has 0 aliphatic rings. The number of hydrazone groups is 1. The van der Waals surface area contributed by atoms with Crippen molar-refractivity contribution in [1.82, 2.24) is 10.5 Å². The quantitative estimate of drug-likeness (QED) is 0.398. The molecule has 28 heavy (non-hydrogen) atoms. The molecule has 0 saturated carbocycles. The summed E-state index contributed by atoms with van der Waals surface area (Å²) in [5, 5.41) is 11.9. The average Bonchev–Trinajstić information content (AvgIpc) is 2.52. The van der Waals surface area contributed by atoms with Crippen molar-refractivity contribution >= 4 is 12.2 Å². The molecule has 1 rings (SSSR count). The Morgan fingerprint density at radius 1 is 1.29 bits per heavy atom. The number of likely N-dealkylation sites (N-methyl/N-ethyl adjacent to an activating group) is 1. The third-order valence-electron chi connectivity index (χ3n) is 3.65. The fourth-order valence-electron chi connectivity index (χ4n) is 2.33. The maximum atomic E-state index is 14.4. The molecule has 1 aromatic carbocycles. The number of benzene rings is 1. The standard InChI is InChI=1S/C20H32FN3O4/c1-19(2,3)27-13-17(18(25)28-20(4,5)6)24(7)12-15-9-8-14(10-16(15)21)11-22-23-26/h8-11,17,23,26H,12-13H2,1-7H3/b22-11-/t17-/m0/s1. The summed E-state index contributed by atoms with van der Waals surface area (Å²) in [5.41, 5.74) is 1.48. The van der Waals surface area contributed by atoms with Crippen molar-refractivity contribution in [3.63, 3.8) is 0 Å². The Hall–Kier alpha value is -2.03. The second-order valence-corrected chi connectivity index (χ2v) is 8.60. The molecule has 0 aliphatic carbocycles. The number of hydrogen-bond acceptors (Lipinski definition) is 7. The number of carbonyl (C=O) groups excluding carboxylic acids is 1. The normalized spacial score (nSPS) is 13.8. The van der Waals surface area contributed by atoms with Gasteiger partial charge in [-0.05, 0) is 60.2 Å². The second kappa shape index (κ2) is 9.95. The van der Waals surface area contributed by atoms with E-state index in [1.807, 2.05) is 20.8 Å². The fourth-order valence-corrected chi connectivity index (χ4v) is 2.33. The molecule has 0 fully saturated rings. The van der Waals surface area contributed by atoms with Gasteiger partial charge in [0.05, 0.1) is 18.4 Å². The van der Waals surface area contributed by atoms with E-state index in [4.69, 9.17) is 14.7 Å². The molecule has 8 heteroatoms. The lowest BCUT2D eigenvalue weighted by atomic mass is 10.1. The van der Waals surface area contributed by atoms with Gasteiger partial charge in [-0.25, -0.2) is 4.39 Å². The van der Waals surface area contributed by atoms with E-state index in [1.165, 1.54) is 12.3 Å². The van der Waals surface area contributed by atoms with Crippen LogP contribution in [0.5, 0.6) is 0 Å². The molecule has 0 aliphatic heterocycles. The average molecular weight is 397 g/mol. The first-order valence-corrected chi connectivity index (χ1v) is 9.10. The lowest BCUT2D eigenvalue weighted by molar-refractivity contribution is -0.165. The van der Waals surface area contributed by atoms with Gasteiger partial charge in [0.1, 0.15) is 17.5 Å². The van der Waals surface area contributed by atoms with Crippen LogP contribution < -0.4 is 5.59 Å². The van der Waals surface area contributed by atoms with E-state index in [2.05, 4.69) is 5.10 Å². The van der Waals surface area contributed by atoms with Crippen molar-refractivity contribution in [1.29, 1.82) is 0 Å². The first-order valence-electron chi connectivity index (χ1n) is 9.10. The molecule has 0 saturated heterocycles. The fraction of sp³-hybridized carbons (Fsp3) is 0.600. The zero-order valence-corrected chi connectivity index (χ0v) is 17.7. The first-order chi connectivity index (χ1) is 12.8. The molecule has 7 nitrogen and oxygen atoms in total. The highest BCUT2D eigenvalue weighted by Gasteiger charge is 2.30. The Morgan fingerprint density at radius 2 is 1.93 bits per heavy atom. The van der Waals surface area contributed by atoms with E-state index in [0.29, 0.717) is 11.1 Å². The third-order valence-corrected chi connectivity index (χ3v) is 3.65. The molecule has 1 aromatic rings. The van der Waals surface area contributed by atoms with E-state index in [0.717, 1.165) is 0 Å². The number of halogens is 1. The Balaban J connectivity index is 2.97. The number of nitrogens with one attached hydrogen (secondary N) is 1. The van der Waals surface area contributed by atoms with Crippen LogP contribution in [0.3, 0.4) is 0 Å². The predicted molar refractivity (Wildman–Crippen MR) is 106 cm³/mol. The minimum Gasteiger partial charge on any atom is -0.459 e. The molecule has 2 N–H and O–H groups in total. The Kier molecular flexibility index (Phi) is 8.53. The monoisotopic (exact) mass is 397 g/mol. The minimum absolute atomic E-state index is 0.128. The van der Waals surface area contributed by atoms with Crippen molar-refractivity contribution in [3.05, 3.63) is 35.1 Å². The number of rotatable bonds is 8. The van der Waals surface area contributed by atoms with Crippen LogP contribution in [0.1, 0.15) is 52.7 Å². The maximum Gasteiger partial charge on any atom is 0.326 e. The lowest BCUT2D eigenvalue weighted by Gasteiger charge is -2.32. The zero-order chi connectivity index (χ0) is 21.5. The van der Waals surface area contributed by atoms with Crippen LogP contribution >= 0.6 is 0 Å². The van der Waals surface area contributed by atoms with Crippen molar-refractivity contribution < 1.29 is 23.9 Å². The van der Waals surface area contributed by atoms with Crippen LogP contribution in [0, 0.1) is 5.82 Å². The molecule has 1 atom stereocenters. The third kappa shape index (κ3) is 8.77. The summed E-state index contributed by atoms with van der Waals surface area (Å²) in [7, 11) is 1.73. The maximum absolute atomic E-state index is 14.4. The molecule has 0 bridgehead atoms. The molecule has 0 unspecified atom stereocenters. The number of hydrogen-bond donors (Lipinski definition) is 2.